The summed E-state index contributed by atoms with van der Waals surface area (Å²) in [5.74, 6) is -3.25. The fourth-order valence-corrected chi connectivity index (χ4v) is 4.48. The average molecular weight is 335 g/mol. The Balaban J connectivity index is 1.84. The molecule has 0 aliphatic heterocycles. The molecule has 2 bridgehead atoms. The van der Waals surface area contributed by atoms with Gasteiger partial charge in [0.2, 0.25) is 5.91 Å². The molecule has 0 aromatic carbocycles. The molecule has 1 saturated carbocycles. The van der Waals surface area contributed by atoms with Crippen LogP contribution in [0.1, 0.15) is 21.7 Å². The molecule has 6 nitrogen and oxygen atoms in total. The van der Waals surface area contributed by atoms with Crippen molar-refractivity contribution in [2.45, 2.75) is 13.3 Å². The molecular formula is C16H17NO5S. The summed E-state index contributed by atoms with van der Waals surface area (Å²) in [6.07, 6.45) is 4.51. The molecule has 1 amide bonds. The number of amides is 1. The third kappa shape index (κ3) is 2.65. The predicted octanol–water partition coefficient (Wildman–Crippen LogP) is 2.30. The Morgan fingerprint density at radius 2 is 1.91 bits per heavy atom. The second kappa shape index (κ2) is 5.81. The van der Waals surface area contributed by atoms with E-state index in [1.807, 2.05) is 19.1 Å². The van der Waals surface area contributed by atoms with E-state index >= 15 is 0 Å². The number of hydrogen-bond donors (Lipinski definition) is 2. The number of nitrogens with one attached hydrogen (secondary N) is 1. The minimum absolute atomic E-state index is 0.0521. The zero-order valence-electron chi connectivity index (χ0n) is 12.7. The third-order valence-electron chi connectivity index (χ3n) is 4.54. The Hall–Kier alpha value is -2.15. The van der Waals surface area contributed by atoms with Gasteiger partial charge in [0, 0.05) is 4.88 Å². The van der Waals surface area contributed by atoms with Gasteiger partial charge in [-0.1, -0.05) is 12.2 Å². The number of carbonyl (C=O) groups is 3. The van der Waals surface area contributed by atoms with E-state index in [1.165, 1.54) is 18.4 Å². The van der Waals surface area contributed by atoms with Gasteiger partial charge in [-0.3, -0.25) is 9.59 Å². The number of ether oxygens (including phenoxy) is 1. The molecule has 3 rings (SSSR count). The maximum atomic E-state index is 12.6. The lowest BCUT2D eigenvalue weighted by atomic mass is 9.82. The van der Waals surface area contributed by atoms with E-state index in [0.717, 1.165) is 4.88 Å². The number of methoxy groups -OCH3 is 1. The molecule has 4 atom stereocenters. The number of fused-ring (bicyclic) bond motifs is 2. The lowest BCUT2D eigenvalue weighted by molar-refractivity contribution is -0.146. The first-order valence-electron chi connectivity index (χ1n) is 7.33. The topological polar surface area (TPSA) is 92.7 Å². The number of anilines is 1. The SMILES string of the molecule is COC(=O)c1cc(C)sc1NC(=O)[C@H]1[C@@H](C(=O)O)[C@H]2C=C[C@H]1C2. The fourth-order valence-electron chi connectivity index (χ4n) is 3.58. The molecule has 23 heavy (non-hydrogen) atoms. The number of allylic oxidation sites excluding steroid dienone is 2. The second-order valence-corrected chi connectivity index (χ2v) is 7.18. The van der Waals surface area contributed by atoms with Gasteiger partial charge in [0.15, 0.2) is 0 Å². The van der Waals surface area contributed by atoms with Crippen LogP contribution in [0, 0.1) is 30.6 Å². The largest absolute Gasteiger partial charge is 0.481 e. The zero-order valence-corrected chi connectivity index (χ0v) is 13.6. The average Bonchev–Trinajstić information content (AvgIpc) is 3.19. The molecule has 1 heterocycles. The number of carboxylic acid groups (broad SMARTS) is 1. The van der Waals surface area contributed by atoms with Crippen molar-refractivity contribution >= 4 is 34.2 Å². The fraction of sp³-hybridized carbons (Fsp3) is 0.438. The van der Waals surface area contributed by atoms with Crippen LogP contribution in [0.3, 0.4) is 0 Å². The van der Waals surface area contributed by atoms with Crippen LogP contribution in [-0.4, -0.2) is 30.1 Å². The molecule has 2 aliphatic rings. The number of thiophene rings is 1. The van der Waals surface area contributed by atoms with E-state index in [9.17, 15) is 19.5 Å². The Labute approximate surface area is 137 Å². The lowest BCUT2D eigenvalue weighted by Crippen LogP contribution is -2.36. The number of carboxylic acids is 1. The number of esters is 1. The molecule has 0 saturated heterocycles. The van der Waals surface area contributed by atoms with Gasteiger partial charge in [-0.25, -0.2) is 4.79 Å². The summed E-state index contributed by atoms with van der Waals surface area (Å²) in [5, 5.41) is 12.6. The Bertz CT molecular complexity index is 707. The van der Waals surface area contributed by atoms with Crippen LogP contribution >= 0.6 is 11.3 Å². The molecule has 122 valence electrons. The molecule has 0 spiro atoms. The monoisotopic (exact) mass is 335 g/mol. The van der Waals surface area contributed by atoms with E-state index in [4.69, 9.17) is 4.74 Å². The van der Waals surface area contributed by atoms with Gasteiger partial charge in [-0.15, -0.1) is 11.3 Å². The summed E-state index contributed by atoms with van der Waals surface area (Å²) < 4.78 is 4.72. The van der Waals surface area contributed by atoms with Crippen molar-refractivity contribution in [3.05, 3.63) is 28.7 Å². The number of aryl methyl sites for hydroxylation is 1. The Kier molecular flexibility index (Phi) is 3.97. The first kappa shape index (κ1) is 15.7. The third-order valence-corrected chi connectivity index (χ3v) is 5.51. The number of aliphatic carboxylic acids is 1. The van der Waals surface area contributed by atoms with E-state index in [-0.39, 0.29) is 17.7 Å². The predicted molar refractivity (Wildman–Crippen MR) is 84.4 cm³/mol. The van der Waals surface area contributed by atoms with Gasteiger partial charge in [0.05, 0.1) is 24.5 Å². The van der Waals surface area contributed by atoms with Gasteiger partial charge < -0.3 is 15.2 Å². The maximum Gasteiger partial charge on any atom is 0.340 e. The highest BCUT2D eigenvalue weighted by Crippen LogP contribution is 2.48. The first-order valence-corrected chi connectivity index (χ1v) is 8.14. The van der Waals surface area contributed by atoms with E-state index < -0.39 is 23.8 Å². The van der Waals surface area contributed by atoms with Crippen LogP contribution in [0.2, 0.25) is 0 Å². The molecule has 0 radical (unpaired) electrons. The summed E-state index contributed by atoms with van der Waals surface area (Å²) >= 11 is 1.28. The molecule has 1 fully saturated rings. The number of hydrogen-bond acceptors (Lipinski definition) is 5. The van der Waals surface area contributed by atoms with Crippen LogP contribution < -0.4 is 5.32 Å². The molecule has 1 aromatic heterocycles. The van der Waals surface area contributed by atoms with Gasteiger partial charge >= 0.3 is 11.9 Å². The lowest BCUT2D eigenvalue weighted by Gasteiger charge is -2.23. The zero-order chi connectivity index (χ0) is 16.7. The Morgan fingerprint density at radius 3 is 2.52 bits per heavy atom. The van der Waals surface area contributed by atoms with Gasteiger partial charge in [0.1, 0.15) is 5.00 Å². The number of carbonyl (C=O) groups excluding carboxylic acids is 2. The van der Waals surface area contributed by atoms with Crippen molar-refractivity contribution in [3.63, 3.8) is 0 Å². The Morgan fingerprint density at radius 1 is 1.26 bits per heavy atom. The highest BCUT2D eigenvalue weighted by Gasteiger charge is 2.51. The van der Waals surface area contributed by atoms with Gasteiger partial charge in [-0.05, 0) is 31.2 Å². The molecule has 2 aliphatic carbocycles. The summed E-state index contributed by atoms with van der Waals surface area (Å²) in [6, 6.07) is 1.65. The van der Waals surface area contributed by atoms with Crippen molar-refractivity contribution in [1.82, 2.24) is 0 Å². The minimum atomic E-state index is -0.947. The van der Waals surface area contributed by atoms with E-state index in [0.29, 0.717) is 17.0 Å². The van der Waals surface area contributed by atoms with Gasteiger partial charge in [-0.2, -0.15) is 0 Å². The van der Waals surface area contributed by atoms with Crippen LogP contribution in [0.15, 0.2) is 18.2 Å². The molecule has 7 heteroatoms. The summed E-state index contributed by atoms with van der Waals surface area (Å²) in [4.78, 5) is 36.8. The van der Waals surface area contributed by atoms with E-state index in [2.05, 4.69) is 5.32 Å². The van der Waals surface area contributed by atoms with Crippen LogP contribution in [0.4, 0.5) is 5.00 Å². The maximum absolute atomic E-state index is 12.6. The van der Waals surface area contributed by atoms with Crippen molar-refractivity contribution in [1.29, 1.82) is 0 Å². The smallest absolute Gasteiger partial charge is 0.340 e. The standard InChI is InChI=1S/C16H17NO5S/c1-7-5-10(16(21)22-2)14(23-7)17-13(18)11-8-3-4-9(6-8)12(11)15(19)20/h3-5,8-9,11-12H,6H2,1-2H3,(H,17,18)(H,19,20)/t8-,9-,11+,12-/m0/s1. The quantitative estimate of drug-likeness (QED) is 0.650. The van der Waals surface area contributed by atoms with Crippen molar-refractivity contribution in [2.24, 2.45) is 23.7 Å². The van der Waals surface area contributed by atoms with E-state index in [1.54, 1.807) is 6.07 Å². The highest BCUT2D eigenvalue weighted by atomic mass is 32.1. The normalized spacial score (nSPS) is 27.9. The molecule has 1 aromatic rings. The first-order chi connectivity index (χ1) is 10.9. The highest BCUT2D eigenvalue weighted by molar-refractivity contribution is 7.16. The minimum Gasteiger partial charge on any atom is -0.481 e. The summed E-state index contributed by atoms with van der Waals surface area (Å²) in [6.45, 7) is 1.83. The van der Waals surface area contributed by atoms with Crippen LogP contribution in [0.25, 0.3) is 0 Å². The molecule has 0 unspecified atom stereocenters. The van der Waals surface area contributed by atoms with Crippen molar-refractivity contribution < 1.29 is 24.2 Å². The second-order valence-electron chi connectivity index (χ2n) is 5.92. The van der Waals surface area contributed by atoms with Crippen LogP contribution in [-0.2, 0) is 14.3 Å². The molecule has 2 N–H and O–H groups in total. The van der Waals surface area contributed by atoms with Crippen molar-refractivity contribution in [2.75, 3.05) is 12.4 Å². The molecular weight excluding hydrogens is 318 g/mol. The summed E-state index contributed by atoms with van der Waals surface area (Å²) in [7, 11) is 1.28. The van der Waals surface area contributed by atoms with Gasteiger partial charge in [0.25, 0.3) is 0 Å². The van der Waals surface area contributed by atoms with Crippen molar-refractivity contribution in [3.8, 4) is 0 Å². The number of rotatable bonds is 4. The summed E-state index contributed by atoms with van der Waals surface area (Å²) in [5.41, 5.74) is 0.300. The van der Waals surface area contributed by atoms with Crippen LogP contribution in [0.5, 0.6) is 0 Å².